The van der Waals surface area contributed by atoms with Gasteiger partial charge in [0.1, 0.15) is 0 Å². The van der Waals surface area contributed by atoms with E-state index in [1.54, 1.807) is 12.1 Å². The molecule has 0 aromatic heterocycles. The van der Waals surface area contributed by atoms with Gasteiger partial charge in [0, 0.05) is 12.5 Å². The van der Waals surface area contributed by atoms with Gasteiger partial charge in [0.15, 0.2) is 5.78 Å². The minimum absolute atomic E-state index is 0.0425. The smallest absolute Gasteiger partial charge is 0.221 e. The topological polar surface area (TPSA) is 72.2 Å². The Kier molecular flexibility index (Phi) is 3.09. The maximum absolute atomic E-state index is 11.3. The highest BCUT2D eigenvalue weighted by Crippen LogP contribution is 2.23. The number of rotatable bonds is 2. The maximum atomic E-state index is 11.3. The molecule has 1 aromatic rings. The number of ketones is 1. The lowest BCUT2D eigenvalue weighted by atomic mass is 10.0. The second kappa shape index (κ2) is 4.13. The third-order valence-corrected chi connectivity index (χ3v) is 2.09. The monoisotopic (exact) mass is 206 g/mol. The molecule has 0 aliphatic carbocycles. The van der Waals surface area contributed by atoms with Gasteiger partial charge in [-0.15, -0.1) is 0 Å². The zero-order valence-electron chi connectivity index (χ0n) is 9.05. The maximum Gasteiger partial charge on any atom is 0.221 e. The SMILES string of the molecule is CC(=O)Nc1cc(C(C)=O)c(C)cc1N. The van der Waals surface area contributed by atoms with Crippen molar-refractivity contribution in [3.63, 3.8) is 0 Å². The molecule has 3 N–H and O–H groups in total. The zero-order valence-corrected chi connectivity index (χ0v) is 9.05. The van der Waals surface area contributed by atoms with Gasteiger partial charge < -0.3 is 11.1 Å². The Bertz CT molecular complexity index is 425. The van der Waals surface area contributed by atoms with Crippen LogP contribution in [0.2, 0.25) is 0 Å². The first-order valence-electron chi connectivity index (χ1n) is 4.60. The molecule has 0 saturated carbocycles. The highest BCUT2D eigenvalue weighted by molar-refractivity contribution is 6.00. The first-order valence-corrected chi connectivity index (χ1v) is 4.60. The largest absolute Gasteiger partial charge is 0.397 e. The number of hydrogen-bond acceptors (Lipinski definition) is 3. The number of nitrogens with one attached hydrogen (secondary N) is 1. The van der Waals surface area contributed by atoms with E-state index >= 15 is 0 Å². The van der Waals surface area contributed by atoms with Crippen molar-refractivity contribution in [1.82, 2.24) is 0 Å². The van der Waals surface area contributed by atoms with E-state index in [0.29, 0.717) is 16.9 Å². The number of amides is 1. The van der Waals surface area contributed by atoms with Gasteiger partial charge in [-0.05, 0) is 31.5 Å². The molecule has 80 valence electrons. The highest BCUT2D eigenvalue weighted by atomic mass is 16.1. The zero-order chi connectivity index (χ0) is 11.6. The lowest BCUT2D eigenvalue weighted by molar-refractivity contribution is -0.114. The molecule has 0 heterocycles. The summed E-state index contributed by atoms with van der Waals surface area (Å²) in [6.07, 6.45) is 0. The van der Waals surface area contributed by atoms with Gasteiger partial charge >= 0.3 is 0 Å². The van der Waals surface area contributed by atoms with E-state index in [1.807, 2.05) is 6.92 Å². The van der Waals surface area contributed by atoms with Crippen LogP contribution in [0.15, 0.2) is 12.1 Å². The molecular formula is C11H14N2O2. The summed E-state index contributed by atoms with van der Waals surface area (Å²) in [5, 5.41) is 2.58. The number of carbonyl (C=O) groups is 2. The second-order valence-corrected chi connectivity index (χ2v) is 3.49. The Labute approximate surface area is 88.5 Å². The molecule has 1 amide bonds. The summed E-state index contributed by atoms with van der Waals surface area (Å²) in [7, 11) is 0. The van der Waals surface area contributed by atoms with E-state index in [1.165, 1.54) is 13.8 Å². The number of anilines is 2. The van der Waals surface area contributed by atoms with Crippen LogP contribution in [0.5, 0.6) is 0 Å². The fourth-order valence-electron chi connectivity index (χ4n) is 1.41. The summed E-state index contributed by atoms with van der Waals surface area (Å²) in [5.74, 6) is -0.251. The fraction of sp³-hybridized carbons (Fsp3) is 0.273. The van der Waals surface area contributed by atoms with Gasteiger partial charge in [-0.25, -0.2) is 0 Å². The number of benzene rings is 1. The fourth-order valence-corrected chi connectivity index (χ4v) is 1.41. The third kappa shape index (κ3) is 2.56. The third-order valence-electron chi connectivity index (χ3n) is 2.09. The lowest BCUT2D eigenvalue weighted by Crippen LogP contribution is -2.10. The Morgan fingerprint density at radius 3 is 2.33 bits per heavy atom. The predicted octanol–water partition coefficient (Wildman–Crippen LogP) is 1.74. The Balaban J connectivity index is 3.23. The van der Waals surface area contributed by atoms with E-state index in [4.69, 9.17) is 5.73 Å². The minimum atomic E-state index is -0.208. The molecule has 0 atom stereocenters. The standard InChI is InChI=1S/C11H14N2O2/c1-6-4-10(12)11(13-8(3)15)5-9(6)7(2)14/h4-5H,12H2,1-3H3,(H,13,15). The van der Waals surface area contributed by atoms with Crippen LogP contribution in [0.25, 0.3) is 0 Å². The Hall–Kier alpha value is -1.84. The Morgan fingerprint density at radius 1 is 1.27 bits per heavy atom. The molecule has 0 unspecified atom stereocenters. The molecule has 0 bridgehead atoms. The van der Waals surface area contributed by atoms with Crippen molar-refractivity contribution in [3.05, 3.63) is 23.3 Å². The highest BCUT2D eigenvalue weighted by Gasteiger charge is 2.09. The number of aryl methyl sites for hydroxylation is 1. The second-order valence-electron chi connectivity index (χ2n) is 3.49. The quantitative estimate of drug-likeness (QED) is 0.571. The van der Waals surface area contributed by atoms with Crippen LogP contribution in [0, 0.1) is 6.92 Å². The minimum Gasteiger partial charge on any atom is -0.397 e. The van der Waals surface area contributed by atoms with Crippen LogP contribution in [0.1, 0.15) is 29.8 Å². The van der Waals surface area contributed by atoms with Crippen molar-refractivity contribution >= 4 is 23.1 Å². The number of nitrogen functional groups attached to an aromatic ring is 1. The summed E-state index contributed by atoms with van der Waals surface area (Å²) in [6, 6.07) is 3.29. The molecule has 0 saturated heterocycles. The molecule has 4 heteroatoms. The van der Waals surface area contributed by atoms with Crippen LogP contribution in [-0.2, 0) is 4.79 Å². The summed E-state index contributed by atoms with van der Waals surface area (Å²) in [4.78, 5) is 22.1. The van der Waals surface area contributed by atoms with E-state index in [-0.39, 0.29) is 11.7 Å². The van der Waals surface area contributed by atoms with Gasteiger partial charge in [-0.1, -0.05) is 0 Å². The number of nitrogens with two attached hydrogens (primary N) is 1. The van der Waals surface area contributed by atoms with Crippen LogP contribution < -0.4 is 11.1 Å². The van der Waals surface area contributed by atoms with Crippen molar-refractivity contribution in [2.24, 2.45) is 0 Å². The summed E-state index contributed by atoms with van der Waals surface area (Å²) >= 11 is 0. The predicted molar refractivity (Wildman–Crippen MR) is 59.9 cm³/mol. The Morgan fingerprint density at radius 2 is 1.87 bits per heavy atom. The summed E-state index contributed by atoms with van der Waals surface area (Å²) in [6.45, 7) is 4.69. The van der Waals surface area contributed by atoms with E-state index in [0.717, 1.165) is 5.56 Å². The molecule has 1 aromatic carbocycles. The molecule has 0 spiro atoms. The van der Waals surface area contributed by atoms with Crippen molar-refractivity contribution in [2.45, 2.75) is 20.8 Å². The average molecular weight is 206 g/mol. The number of carbonyl (C=O) groups excluding carboxylic acids is 2. The molecule has 15 heavy (non-hydrogen) atoms. The first kappa shape index (κ1) is 11.2. The number of Topliss-reactive ketones (excluding diaryl/α,β-unsaturated/α-hetero) is 1. The van der Waals surface area contributed by atoms with Gasteiger partial charge in [-0.3, -0.25) is 9.59 Å². The van der Waals surface area contributed by atoms with Gasteiger partial charge in [0.2, 0.25) is 5.91 Å². The average Bonchev–Trinajstić information content (AvgIpc) is 2.08. The van der Waals surface area contributed by atoms with Crippen molar-refractivity contribution in [2.75, 3.05) is 11.1 Å². The van der Waals surface area contributed by atoms with Gasteiger partial charge in [0.05, 0.1) is 11.4 Å². The number of hydrogen-bond donors (Lipinski definition) is 2. The summed E-state index contributed by atoms with van der Waals surface area (Å²) < 4.78 is 0. The van der Waals surface area contributed by atoms with E-state index in [9.17, 15) is 9.59 Å². The van der Waals surface area contributed by atoms with E-state index < -0.39 is 0 Å². The molecule has 0 radical (unpaired) electrons. The van der Waals surface area contributed by atoms with Crippen molar-refractivity contribution in [3.8, 4) is 0 Å². The molecule has 0 aliphatic rings. The van der Waals surface area contributed by atoms with Crippen LogP contribution in [0.3, 0.4) is 0 Å². The molecule has 1 rings (SSSR count). The van der Waals surface area contributed by atoms with Crippen molar-refractivity contribution in [1.29, 1.82) is 0 Å². The molecular weight excluding hydrogens is 192 g/mol. The van der Waals surface area contributed by atoms with Gasteiger partial charge in [-0.2, -0.15) is 0 Å². The van der Waals surface area contributed by atoms with Crippen molar-refractivity contribution < 1.29 is 9.59 Å². The molecule has 0 aliphatic heterocycles. The normalized spacial score (nSPS) is 9.80. The molecule has 0 fully saturated rings. The first-order chi connectivity index (χ1) is 6.91. The van der Waals surface area contributed by atoms with Crippen LogP contribution >= 0.6 is 0 Å². The van der Waals surface area contributed by atoms with Crippen LogP contribution in [-0.4, -0.2) is 11.7 Å². The summed E-state index contributed by atoms with van der Waals surface area (Å²) in [5.41, 5.74) is 8.05. The van der Waals surface area contributed by atoms with Crippen LogP contribution in [0.4, 0.5) is 11.4 Å². The van der Waals surface area contributed by atoms with Gasteiger partial charge in [0.25, 0.3) is 0 Å². The lowest BCUT2D eigenvalue weighted by Gasteiger charge is -2.10. The van der Waals surface area contributed by atoms with E-state index in [2.05, 4.69) is 5.32 Å². The molecule has 4 nitrogen and oxygen atoms in total.